The van der Waals surface area contributed by atoms with Crippen LogP contribution < -0.4 is 0 Å². The number of hydrogen-bond donors (Lipinski definition) is 0. The van der Waals surface area contributed by atoms with Gasteiger partial charge in [0.1, 0.15) is 5.60 Å². The molecule has 0 spiro atoms. The Morgan fingerprint density at radius 3 is 2.37 bits per heavy atom. The summed E-state index contributed by atoms with van der Waals surface area (Å²) in [4.78, 5) is 11.5. The number of carbonyl (C=O) groups is 1. The highest BCUT2D eigenvalue weighted by Gasteiger charge is 2.62. The fourth-order valence-electron chi connectivity index (χ4n) is 5.27. The molecule has 1 unspecified atom stereocenters. The van der Waals surface area contributed by atoms with Gasteiger partial charge >= 0.3 is 5.97 Å². The highest BCUT2D eigenvalue weighted by atomic mass is 16.6. The molecule has 2 heteroatoms. The van der Waals surface area contributed by atoms with E-state index < -0.39 is 0 Å². The van der Waals surface area contributed by atoms with Crippen molar-refractivity contribution in [3.05, 3.63) is 0 Å². The van der Waals surface area contributed by atoms with Gasteiger partial charge in [0.25, 0.3) is 0 Å². The molecule has 2 fully saturated rings. The molecule has 2 aliphatic rings. The number of carbonyl (C=O) groups excluding carboxylic acids is 1. The predicted molar refractivity (Wildman–Crippen MR) is 77.8 cm³/mol. The average Bonchev–Trinajstić information content (AvgIpc) is 2.63. The highest BCUT2D eigenvalue weighted by molar-refractivity contribution is 5.66. The standard InChI is InChI=1S/C17H30O2/c1-7-17-11-10-16(6,19-13(3)18)15(4,5)14(17)9-8-12(17)2/h12,14H,7-11H2,1-6H3/t12-,14?,16-,17-/m1/s1. The second kappa shape index (κ2) is 4.49. The second-order valence-electron chi connectivity index (χ2n) is 7.66. The number of ether oxygens (including phenoxy) is 1. The molecule has 110 valence electrons. The molecular weight excluding hydrogens is 236 g/mol. The summed E-state index contributed by atoms with van der Waals surface area (Å²) in [5.41, 5.74) is 0.243. The van der Waals surface area contributed by atoms with Crippen molar-refractivity contribution in [2.75, 3.05) is 0 Å². The third-order valence-electron chi connectivity index (χ3n) is 6.89. The molecule has 0 aromatic heterocycles. The van der Waals surface area contributed by atoms with Gasteiger partial charge in [0.15, 0.2) is 0 Å². The minimum Gasteiger partial charge on any atom is -0.459 e. The summed E-state index contributed by atoms with van der Waals surface area (Å²) in [5.74, 6) is 1.35. The van der Waals surface area contributed by atoms with Gasteiger partial charge < -0.3 is 4.74 Å². The lowest BCUT2D eigenvalue weighted by molar-refractivity contribution is -0.200. The normalized spacial score (nSPS) is 44.7. The molecule has 0 heterocycles. The molecule has 2 rings (SSSR count). The Hall–Kier alpha value is -0.530. The van der Waals surface area contributed by atoms with Gasteiger partial charge in [-0.05, 0) is 56.3 Å². The summed E-state index contributed by atoms with van der Waals surface area (Å²) in [6, 6.07) is 0. The zero-order chi connectivity index (χ0) is 14.5. The van der Waals surface area contributed by atoms with Crippen LogP contribution >= 0.6 is 0 Å². The van der Waals surface area contributed by atoms with Crippen LogP contribution in [0.2, 0.25) is 0 Å². The quantitative estimate of drug-likeness (QED) is 0.684. The lowest BCUT2D eigenvalue weighted by Gasteiger charge is -2.58. The lowest BCUT2D eigenvalue weighted by atomic mass is 9.49. The Kier molecular flexibility index (Phi) is 3.52. The Balaban J connectivity index is 2.37. The molecule has 2 saturated carbocycles. The monoisotopic (exact) mass is 266 g/mol. The van der Waals surface area contributed by atoms with Gasteiger partial charge in [-0.1, -0.05) is 27.7 Å². The van der Waals surface area contributed by atoms with Crippen LogP contribution in [-0.4, -0.2) is 11.6 Å². The summed E-state index contributed by atoms with van der Waals surface area (Å²) in [7, 11) is 0. The van der Waals surface area contributed by atoms with E-state index in [1.54, 1.807) is 6.92 Å². The van der Waals surface area contributed by atoms with Crippen LogP contribution in [0.1, 0.15) is 73.6 Å². The maximum absolute atomic E-state index is 11.5. The Morgan fingerprint density at radius 1 is 1.21 bits per heavy atom. The first-order valence-corrected chi connectivity index (χ1v) is 7.89. The zero-order valence-corrected chi connectivity index (χ0v) is 13.5. The first kappa shape index (κ1) is 14.9. The Bertz CT molecular complexity index is 373. The van der Waals surface area contributed by atoms with Crippen LogP contribution in [0, 0.1) is 22.7 Å². The smallest absolute Gasteiger partial charge is 0.303 e. The van der Waals surface area contributed by atoms with Gasteiger partial charge in [0, 0.05) is 12.3 Å². The fourth-order valence-corrected chi connectivity index (χ4v) is 5.27. The van der Waals surface area contributed by atoms with Gasteiger partial charge in [0.2, 0.25) is 0 Å². The third kappa shape index (κ3) is 1.94. The Labute approximate surface area is 118 Å². The van der Waals surface area contributed by atoms with Gasteiger partial charge in [-0.25, -0.2) is 0 Å². The molecule has 0 saturated heterocycles. The van der Waals surface area contributed by atoms with E-state index in [9.17, 15) is 4.79 Å². The van der Waals surface area contributed by atoms with Crippen LogP contribution in [0.5, 0.6) is 0 Å². The van der Waals surface area contributed by atoms with E-state index in [-0.39, 0.29) is 17.0 Å². The molecule has 0 amide bonds. The van der Waals surface area contributed by atoms with Gasteiger partial charge in [-0.15, -0.1) is 0 Å². The van der Waals surface area contributed by atoms with Crippen molar-refractivity contribution in [1.29, 1.82) is 0 Å². The number of fused-ring (bicyclic) bond motifs is 1. The molecule has 2 nitrogen and oxygen atoms in total. The summed E-state index contributed by atoms with van der Waals surface area (Å²) < 4.78 is 5.79. The third-order valence-corrected chi connectivity index (χ3v) is 6.89. The topological polar surface area (TPSA) is 26.3 Å². The molecule has 0 aromatic rings. The molecular formula is C17H30O2. The van der Waals surface area contributed by atoms with Gasteiger partial charge in [-0.2, -0.15) is 0 Å². The van der Waals surface area contributed by atoms with E-state index in [2.05, 4.69) is 34.6 Å². The molecule has 0 aliphatic heterocycles. The van der Waals surface area contributed by atoms with E-state index in [1.807, 2.05) is 0 Å². The van der Waals surface area contributed by atoms with Crippen molar-refractivity contribution >= 4 is 5.97 Å². The predicted octanol–water partition coefficient (Wildman–Crippen LogP) is 4.57. The van der Waals surface area contributed by atoms with Crippen molar-refractivity contribution in [3.8, 4) is 0 Å². The molecule has 0 aromatic carbocycles. The van der Waals surface area contributed by atoms with E-state index in [0.29, 0.717) is 11.3 Å². The highest BCUT2D eigenvalue weighted by Crippen LogP contribution is 2.66. The van der Waals surface area contributed by atoms with E-state index in [1.165, 1.54) is 25.7 Å². The van der Waals surface area contributed by atoms with Crippen molar-refractivity contribution in [3.63, 3.8) is 0 Å². The Morgan fingerprint density at radius 2 is 1.84 bits per heavy atom. The van der Waals surface area contributed by atoms with Crippen molar-refractivity contribution in [1.82, 2.24) is 0 Å². The first-order valence-electron chi connectivity index (χ1n) is 7.89. The van der Waals surface area contributed by atoms with Crippen molar-refractivity contribution < 1.29 is 9.53 Å². The minimum absolute atomic E-state index is 0.0672. The molecule has 4 atom stereocenters. The first-order chi connectivity index (χ1) is 8.69. The largest absolute Gasteiger partial charge is 0.459 e. The number of esters is 1. The van der Waals surface area contributed by atoms with Crippen LogP contribution in [0.3, 0.4) is 0 Å². The van der Waals surface area contributed by atoms with E-state index in [0.717, 1.165) is 12.3 Å². The number of hydrogen-bond acceptors (Lipinski definition) is 2. The summed E-state index contributed by atoms with van der Waals surface area (Å²) in [6.07, 6.45) is 6.10. The van der Waals surface area contributed by atoms with E-state index in [4.69, 9.17) is 4.74 Å². The van der Waals surface area contributed by atoms with Gasteiger partial charge in [0.05, 0.1) is 0 Å². The SMILES string of the molecule is CC[C@]12CC[C@@](C)(OC(C)=O)C(C)(C)C1CC[C@H]2C. The number of rotatable bonds is 2. The maximum atomic E-state index is 11.5. The summed E-state index contributed by atoms with van der Waals surface area (Å²) in [5, 5.41) is 0. The molecule has 2 aliphatic carbocycles. The minimum atomic E-state index is -0.299. The fraction of sp³-hybridized carbons (Fsp3) is 0.941. The van der Waals surface area contributed by atoms with Gasteiger partial charge in [-0.3, -0.25) is 4.79 Å². The van der Waals surface area contributed by atoms with Crippen LogP contribution in [0.4, 0.5) is 0 Å². The van der Waals surface area contributed by atoms with Crippen molar-refractivity contribution in [2.45, 2.75) is 79.2 Å². The summed E-state index contributed by atoms with van der Waals surface area (Å²) >= 11 is 0. The van der Waals surface area contributed by atoms with Crippen molar-refractivity contribution in [2.24, 2.45) is 22.7 Å². The second-order valence-corrected chi connectivity index (χ2v) is 7.66. The van der Waals surface area contributed by atoms with Crippen LogP contribution in [0.25, 0.3) is 0 Å². The van der Waals surface area contributed by atoms with E-state index >= 15 is 0 Å². The average molecular weight is 266 g/mol. The lowest BCUT2D eigenvalue weighted by Crippen LogP contribution is -2.58. The molecule has 19 heavy (non-hydrogen) atoms. The molecule has 0 bridgehead atoms. The maximum Gasteiger partial charge on any atom is 0.303 e. The van der Waals surface area contributed by atoms with Crippen LogP contribution in [0.15, 0.2) is 0 Å². The molecule has 0 radical (unpaired) electrons. The van der Waals surface area contributed by atoms with Crippen LogP contribution in [-0.2, 0) is 9.53 Å². The molecule has 0 N–H and O–H groups in total. The summed E-state index contributed by atoms with van der Waals surface area (Å²) in [6.45, 7) is 13.1. The zero-order valence-electron chi connectivity index (χ0n) is 13.5.